The molecule has 0 spiro atoms. The highest BCUT2D eigenvalue weighted by atomic mass is 14.9. The topological polar surface area (TPSA) is 51.8 Å². The molecule has 1 aromatic heterocycles. The number of nitrogen functional groups attached to an aromatic ring is 1. The highest BCUT2D eigenvalue weighted by Gasteiger charge is 2.11. The van der Waals surface area contributed by atoms with Crippen LogP contribution < -0.4 is 5.73 Å². The van der Waals surface area contributed by atoms with E-state index in [1.807, 2.05) is 72.8 Å². The molecule has 0 saturated heterocycles. The van der Waals surface area contributed by atoms with Crippen molar-refractivity contribution in [3.8, 4) is 56.2 Å². The highest BCUT2D eigenvalue weighted by molar-refractivity contribution is 5.79. The lowest BCUT2D eigenvalue weighted by atomic mass is 9.98. The number of nitrogens with two attached hydrogens (primary N) is 1. The number of benzene rings is 5. The van der Waals surface area contributed by atoms with Gasteiger partial charge in [-0.15, -0.1) is 0 Å². The van der Waals surface area contributed by atoms with Crippen LogP contribution in [0.2, 0.25) is 0 Å². The summed E-state index contributed by atoms with van der Waals surface area (Å²) in [5, 5.41) is 0. The van der Waals surface area contributed by atoms with E-state index in [1.165, 1.54) is 0 Å². The average molecular weight is 476 g/mol. The standard InChI is InChI=1S/C34H25N3/c35-31-14-8-7-13-30(31)26-19-15-24(16-20-26)25-17-21-28(22-18-25)33-23-32(27-9-3-1-4-10-27)36-34(37-33)29-11-5-2-6-12-29/h1-23H,35H2. The Balaban J connectivity index is 1.34. The number of nitrogens with zero attached hydrogens (tertiary/aromatic N) is 2. The van der Waals surface area contributed by atoms with Crippen LogP contribution in [0.1, 0.15) is 0 Å². The molecule has 0 aliphatic heterocycles. The van der Waals surface area contributed by atoms with Crippen LogP contribution in [0.3, 0.4) is 0 Å². The molecule has 0 amide bonds. The summed E-state index contributed by atoms with van der Waals surface area (Å²) in [5.74, 6) is 0.719. The predicted octanol–water partition coefficient (Wildman–Crippen LogP) is 8.39. The first-order valence-electron chi connectivity index (χ1n) is 12.3. The molecule has 37 heavy (non-hydrogen) atoms. The molecule has 3 nitrogen and oxygen atoms in total. The molecule has 0 radical (unpaired) electrons. The van der Waals surface area contributed by atoms with Crippen molar-refractivity contribution in [2.75, 3.05) is 5.73 Å². The first-order chi connectivity index (χ1) is 18.2. The molecule has 0 saturated carbocycles. The van der Waals surface area contributed by atoms with E-state index in [2.05, 4.69) is 66.7 Å². The van der Waals surface area contributed by atoms with E-state index >= 15 is 0 Å². The van der Waals surface area contributed by atoms with Crippen LogP contribution in [0.25, 0.3) is 56.2 Å². The van der Waals surface area contributed by atoms with Crippen molar-refractivity contribution < 1.29 is 0 Å². The van der Waals surface area contributed by atoms with Crippen molar-refractivity contribution >= 4 is 5.69 Å². The fraction of sp³-hybridized carbons (Fsp3) is 0. The minimum Gasteiger partial charge on any atom is -0.398 e. The summed E-state index contributed by atoms with van der Waals surface area (Å²) < 4.78 is 0. The van der Waals surface area contributed by atoms with Crippen molar-refractivity contribution in [2.24, 2.45) is 0 Å². The third kappa shape index (κ3) is 4.75. The number of aromatic nitrogens is 2. The molecule has 0 aliphatic carbocycles. The van der Waals surface area contributed by atoms with E-state index in [0.717, 1.165) is 61.8 Å². The summed E-state index contributed by atoms with van der Waals surface area (Å²) in [6.07, 6.45) is 0. The van der Waals surface area contributed by atoms with Crippen LogP contribution in [0.15, 0.2) is 140 Å². The van der Waals surface area contributed by atoms with Gasteiger partial charge in [0, 0.05) is 27.9 Å². The number of anilines is 1. The maximum Gasteiger partial charge on any atom is 0.160 e. The summed E-state index contributed by atoms with van der Waals surface area (Å²) in [6, 6.07) is 47.5. The second-order valence-corrected chi connectivity index (χ2v) is 8.94. The van der Waals surface area contributed by atoms with Gasteiger partial charge in [0.05, 0.1) is 11.4 Å². The van der Waals surface area contributed by atoms with Gasteiger partial charge in [-0.05, 0) is 28.8 Å². The minimum atomic E-state index is 0.719. The molecule has 6 rings (SSSR count). The van der Waals surface area contributed by atoms with E-state index in [9.17, 15) is 0 Å². The molecule has 1 heterocycles. The summed E-state index contributed by atoms with van der Waals surface area (Å²) in [4.78, 5) is 9.82. The molecule has 6 aromatic rings. The van der Waals surface area contributed by atoms with Crippen LogP contribution in [-0.2, 0) is 0 Å². The molecule has 0 aliphatic rings. The van der Waals surface area contributed by atoms with Crippen LogP contribution in [0.4, 0.5) is 5.69 Å². The predicted molar refractivity (Wildman–Crippen MR) is 154 cm³/mol. The van der Waals surface area contributed by atoms with Crippen LogP contribution in [0, 0.1) is 0 Å². The molecule has 5 aromatic carbocycles. The second kappa shape index (κ2) is 9.92. The summed E-state index contributed by atoms with van der Waals surface area (Å²) in [5.41, 5.74) is 16.3. The third-order valence-corrected chi connectivity index (χ3v) is 6.50. The molecule has 0 unspecified atom stereocenters. The fourth-order valence-electron chi connectivity index (χ4n) is 4.50. The Morgan fingerprint density at radius 3 is 1.38 bits per heavy atom. The van der Waals surface area contributed by atoms with E-state index < -0.39 is 0 Å². The normalized spacial score (nSPS) is 10.8. The Morgan fingerprint density at radius 2 is 0.811 bits per heavy atom. The zero-order chi connectivity index (χ0) is 25.0. The average Bonchev–Trinajstić information content (AvgIpc) is 2.98. The van der Waals surface area contributed by atoms with E-state index in [4.69, 9.17) is 15.7 Å². The van der Waals surface area contributed by atoms with Crippen LogP contribution in [0.5, 0.6) is 0 Å². The van der Waals surface area contributed by atoms with Gasteiger partial charge in [-0.3, -0.25) is 0 Å². The lowest BCUT2D eigenvalue weighted by Crippen LogP contribution is -1.95. The van der Waals surface area contributed by atoms with Gasteiger partial charge in [-0.25, -0.2) is 9.97 Å². The molecule has 2 N–H and O–H groups in total. The number of hydrogen-bond acceptors (Lipinski definition) is 3. The molecule has 176 valence electrons. The van der Waals surface area contributed by atoms with Gasteiger partial charge >= 0.3 is 0 Å². The van der Waals surface area contributed by atoms with Gasteiger partial charge in [-0.2, -0.15) is 0 Å². The molecular formula is C34H25N3. The maximum atomic E-state index is 6.16. The van der Waals surface area contributed by atoms with E-state index in [0.29, 0.717) is 0 Å². The summed E-state index contributed by atoms with van der Waals surface area (Å²) in [7, 11) is 0. The molecule has 0 atom stereocenters. The van der Waals surface area contributed by atoms with Gasteiger partial charge in [0.15, 0.2) is 5.82 Å². The highest BCUT2D eigenvalue weighted by Crippen LogP contribution is 2.31. The number of rotatable bonds is 5. The third-order valence-electron chi connectivity index (χ3n) is 6.50. The zero-order valence-corrected chi connectivity index (χ0v) is 20.3. The zero-order valence-electron chi connectivity index (χ0n) is 20.3. The second-order valence-electron chi connectivity index (χ2n) is 8.94. The van der Waals surface area contributed by atoms with Crippen LogP contribution >= 0.6 is 0 Å². The van der Waals surface area contributed by atoms with Crippen molar-refractivity contribution in [3.05, 3.63) is 140 Å². The lowest BCUT2D eigenvalue weighted by molar-refractivity contribution is 1.18. The number of hydrogen-bond donors (Lipinski definition) is 1. The Labute approximate surface area is 216 Å². The van der Waals surface area contributed by atoms with Gasteiger partial charge in [0.2, 0.25) is 0 Å². The first kappa shape index (κ1) is 22.4. The Morgan fingerprint density at radius 1 is 0.378 bits per heavy atom. The Bertz CT molecular complexity index is 1580. The lowest BCUT2D eigenvalue weighted by Gasteiger charge is -2.10. The van der Waals surface area contributed by atoms with Gasteiger partial charge in [0.25, 0.3) is 0 Å². The smallest absolute Gasteiger partial charge is 0.160 e. The minimum absolute atomic E-state index is 0.719. The largest absolute Gasteiger partial charge is 0.398 e. The summed E-state index contributed by atoms with van der Waals surface area (Å²) in [6.45, 7) is 0. The quantitative estimate of drug-likeness (QED) is 0.255. The van der Waals surface area contributed by atoms with Crippen LogP contribution in [-0.4, -0.2) is 9.97 Å². The van der Waals surface area contributed by atoms with Crippen molar-refractivity contribution in [3.63, 3.8) is 0 Å². The molecule has 0 bridgehead atoms. The van der Waals surface area contributed by atoms with Gasteiger partial charge in [-0.1, -0.05) is 127 Å². The monoisotopic (exact) mass is 475 g/mol. The molecular weight excluding hydrogens is 450 g/mol. The molecule has 3 heteroatoms. The van der Waals surface area contributed by atoms with Crippen molar-refractivity contribution in [1.29, 1.82) is 0 Å². The van der Waals surface area contributed by atoms with Crippen molar-refractivity contribution in [2.45, 2.75) is 0 Å². The summed E-state index contributed by atoms with van der Waals surface area (Å²) >= 11 is 0. The first-order valence-corrected chi connectivity index (χ1v) is 12.3. The fourth-order valence-corrected chi connectivity index (χ4v) is 4.50. The Kier molecular flexibility index (Phi) is 6.02. The van der Waals surface area contributed by atoms with E-state index in [-0.39, 0.29) is 0 Å². The van der Waals surface area contributed by atoms with Gasteiger partial charge < -0.3 is 5.73 Å². The van der Waals surface area contributed by atoms with E-state index in [1.54, 1.807) is 0 Å². The van der Waals surface area contributed by atoms with Crippen molar-refractivity contribution in [1.82, 2.24) is 9.97 Å². The SMILES string of the molecule is Nc1ccccc1-c1ccc(-c2ccc(-c3cc(-c4ccccc4)nc(-c4ccccc4)n3)cc2)cc1. The number of para-hydroxylation sites is 1. The maximum absolute atomic E-state index is 6.16. The Hall–Kier alpha value is -5.02. The van der Waals surface area contributed by atoms with Gasteiger partial charge in [0.1, 0.15) is 0 Å². The molecule has 0 fully saturated rings.